The Hall–Kier alpha value is -2.63. The van der Waals surface area contributed by atoms with Gasteiger partial charge in [-0.05, 0) is 24.8 Å². The zero-order chi connectivity index (χ0) is 17.8. The molecule has 132 valence electrons. The maximum atomic E-state index is 12.4. The zero-order valence-electron chi connectivity index (χ0n) is 14.4. The van der Waals surface area contributed by atoms with Gasteiger partial charge in [-0.1, -0.05) is 37.3 Å². The Bertz CT molecular complexity index is 741. The van der Waals surface area contributed by atoms with Crippen LogP contribution in [-0.2, 0) is 25.6 Å². The van der Waals surface area contributed by atoms with Gasteiger partial charge in [-0.3, -0.25) is 4.79 Å². The topological polar surface area (TPSA) is 70.4 Å². The minimum atomic E-state index is -1.14. The first kappa shape index (κ1) is 17.2. The standard InChI is InChI=1S/C19H22N2O4/c1-3-24-19(23)16(25-18(22)15-11-13(15)2)17-20-9-10-21(17)12-14-7-5-4-6-8-14/h4-10,13,15-16H,3,11-12H2,1-2H3. The Morgan fingerprint density at radius 1 is 1.32 bits per heavy atom. The van der Waals surface area contributed by atoms with Gasteiger partial charge >= 0.3 is 11.9 Å². The van der Waals surface area contributed by atoms with Crippen LogP contribution in [0.4, 0.5) is 0 Å². The fraction of sp³-hybridized carbons (Fsp3) is 0.421. The number of carbonyl (C=O) groups excluding carboxylic acids is 2. The molecule has 0 aliphatic heterocycles. The molecule has 1 aliphatic carbocycles. The van der Waals surface area contributed by atoms with Crippen LogP contribution in [-0.4, -0.2) is 28.1 Å². The molecule has 3 rings (SSSR count). The molecule has 6 nitrogen and oxygen atoms in total. The molecule has 0 radical (unpaired) electrons. The van der Waals surface area contributed by atoms with E-state index in [2.05, 4.69) is 4.98 Å². The third kappa shape index (κ3) is 4.07. The Morgan fingerprint density at radius 3 is 2.68 bits per heavy atom. The summed E-state index contributed by atoms with van der Waals surface area (Å²) in [5.74, 6) is -0.401. The lowest BCUT2D eigenvalue weighted by molar-refractivity contribution is -0.170. The second kappa shape index (κ2) is 7.51. The van der Waals surface area contributed by atoms with E-state index in [-0.39, 0.29) is 18.5 Å². The summed E-state index contributed by atoms with van der Waals surface area (Å²) in [4.78, 5) is 28.8. The van der Waals surface area contributed by atoms with Crippen LogP contribution in [0.3, 0.4) is 0 Å². The van der Waals surface area contributed by atoms with E-state index in [0.29, 0.717) is 18.3 Å². The normalized spacial score (nSPS) is 19.9. The second-order valence-corrected chi connectivity index (χ2v) is 6.29. The molecule has 1 aromatic carbocycles. The first-order valence-electron chi connectivity index (χ1n) is 8.52. The second-order valence-electron chi connectivity index (χ2n) is 6.29. The van der Waals surface area contributed by atoms with Gasteiger partial charge in [0.1, 0.15) is 0 Å². The number of carbonyl (C=O) groups is 2. The molecule has 0 amide bonds. The predicted octanol–water partition coefficient (Wildman–Crippen LogP) is 2.73. The highest BCUT2D eigenvalue weighted by Gasteiger charge is 2.43. The molecule has 1 saturated carbocycles. The molecule has 0 bridgehead atoms. The molecule has 1 aromatic heterocycles. The Balaban J connectivity index is 1.82. The van der Waals surface area contributed by atoms with E-state index in [1.807, 2.05) is 37.3 Å². The summed E-state index contributed by atoms with van der Waals surface area (Å²) in [7, 11) is 0. The molecule has 0 spiro atoms. The van der Waals surface area contributed by atoms with Gasteiger partial charge in [0.25, 0.3) is 6.10 Å². The van der Waals surface area contributed by atoms with E-state index in [9.17, 15) is 9.59 Å². The van der Waals surface area contributed by atoms with E-state index in [4.69, 9.17) is 9.47 Å². The molecule has 1 fully saturated rings. The van der Waals surface area contributed by atoms with Gasteiger partial charge in [-0.25, -0.2) is 9.78 Å². The van der Waals surface area contributed by atoms with Crippen LogP contribution in [0, 0.1) is 11.8 Å². The maximum absolute atomic E-state index is 12.4. The number of nitrogens with zero attached hydrogens (tertiary/aromatic N) is 2. The average Bonchev–Trinajstić information content (AvgIpc) is 3.17. The van der Waals surface area contributed by atoms with Crippen molar-refractivity contribution < 1.29 is 19.1 Å². The molecule has 0 saturated heterocycles. The van der Waals surface area contributed by atoms with E-state index in [0.717, 1.165) is 12.0 Å². The number of hydrogen-bond donors (Lipinski definition) is 0. The van der Waals surface area contributed by atoms with Crippen LogP contribution in [0.25, 0.3) is 0 Å². The molecule has 0 N–H and O–H groups in total. The molecule has 2 aromatic rings. The van der Waals surface area contributed by atoms with Crippen molar-refractivity contribution in [3.8, 4) is 0 Å². The lowest BCUT2D eigenvalue weighted by Gasteiger charge is -2.18. The minimum absolute atomic E-state index is 0.130. The Morgan fingerprint density at radius 2 is 2.04 bits per heavy atom. The first-order chi connectivity index (χ1) is 12.1. The fourth-order valence-corrected chi connectivity index (χ4v) is 2.75. The lowest BCUT2D eigenvalue weighted by Crippen LogP contribution is -2.26. The van der Waals surface area contributed by atoms with Gasteiger partial charge in [-0.2, -0.15) is 0 Å². The average molecular weight is 342 g/mol. The largest absolute Gasteiger partial charge is 0.463 e. The Kier molecular flexibility index (Phi) is 5.16. The van der Waals surface area contributed by atoms with Crippen LogP contribution in [0.2, 0.25) is 0 Å². The van der Waals surface area contributed by atoms with Crippen molar-refractivity contribution in [1.82, 2.24) is 9.55 Å². The number of ether oxygens (including phenoxy) is 2. The van der Waals surface area contributed by atoms with Crippen LogP contribution in [0.5, 0.6) is 0 Å². The lowest BCUT2D eigenvalue weighted by atomic mass is 10.2. The highest BCUT2D eigenvalue weighted by Crippen LogP contribution is 2.39. The quantitative estimate of drug-likeness (QED) is 0.724. The fourth-order valence-electron chi connectivity index (χ4n) is 2.75. The van der Waals surface area contributed by atoms with Crippen LogP contribution in [0.15, 0.2) is 42.7 Å². The highest BCUT2D eigenvalue weighted by atomic mass is 16.6. The predicted molar refractivity (Wildman–Crippen MR) is 90.5 cm³/mol. The van der Waals surface area contributed by atoms with Gasteiger partial charge in [-0.15, -0.1) is 0 Å². The van der Waals surface area contributed by atoms with Gasteiger partial charge in [0.05, 0.1) is 12.5 Å². The van der Waals surface area contributed by atoms with Crippen molar-refractivity contribution in [1.29, 1.82) is 0 Å². The van der Waals surface area contributed by atoms with Crippen molar-refractivity contribution in [3.05, 3.63) is 54.1 Å². The van der Waals surface area contributed by atoms with Gasteiger partial charge in [0.2, 0.25) is 0 Å². The monoisotopic (exact) mass is 342 g/mol. The number of hydrogen-bond acceptors (Lipinski definition) is 5. The van der Waals surface area contributed by atoms with E-state index < -0.39 is 12.1 Å². The van der Waals surface area contributed by atoms with E-state index in [1.165, 1.54) is 0 Å². The molecule has 3 atom stereocenters. The van der Waals surface area contributed by atoms with Gasteiger partial charge in [0, 0.05) is 18.9 Å². The Labute approximate surface area is 146 Å². The van der Waals surface area contributed by atoms with E-state index in [1.54, 1.807) is 23.9 Å². The molecular weight excluding hydrogens is 320 g/mol. The van der Waals surface area contributed by atoms with Crippen molar-refractivity contribution in [3.63, 3.8) is 0 Å². The molecule has 25 heavy (non-hydrogen) atoms. The molecular formula is C19H22N2O4. The molecule has 1 heterocycles. The summed E-state index contributed by atoms with van der Waals surface area (Å²) in [6.07, 6.45) is 3.02. The zero-order valence-corrected chi connectivity index (χ0v) is 14.4. The number of aromatic nitrogens is 2. The summed E-state index contributed by atoms with van der Waals surface area (Å²) in [5.41, 5.74) is 1.06. The third-order valence-corrected chi connectivity index (χ3v) is 4.32. The summed E-state index contributed by atoms with van der Waals surface area (Å²) in [6.45, 7) is 4.45. The summed E-state index contributed by atoms with van der Waals surface area (Å²) in [6, 6.07) is 9.81. The molecule has 3 unspecified atom stereocenters. The minimum Gasteiger partial charge on any atom is -0.463 e. The number of rotatable bonds is 7. The van der Waals surface area contributed by atoms with Crippen LogP contribution >= 0.6 is 0 Å². The molecule has 1 aliphatic rings. The van der Waals surface area contributed by atoms with E-state index >= 15 is 0 Å². The van der Waals surface area contributed by atoms with Crippen molar-refractivity contribution in [2.45, 2.75) is 32.9 Å². The number of benzene rings is 1. The van der Waals surface area contributed by atoms with Crippen LogP contribution < -0.4 is 0 Å². The summed E-state index contributed by atoms with van der Waals surface area (Å²) >= 11 is 0. The van der Waals surface area contributed by atoms with Crippen molar-refractivity contribution in [2.75, 3.05) is 6.61 Å². The van der Waals surface area contributed by atoms with Crippen molar-refractivity contribution in [2.24, 2.45) is 11.8 Å². The third-order valence-electron chi connectivity index (χ3n) is 4.32. The van der Waals surface area contributed by atoms with Gasteiger partial charge in [0.15, 0.2) is 5.82 Å². The summed E-state index contributed by atoms with van der Waals surface area (Å²) in [5, 5.41) is 0. The number of imidazole rings is 1. The SMILES string of the molecule is CCOC(=O)C(OC(=O)C1CC1C)c1nccn1Cc1ccccc1. The first-order valence-corrected chi connectivity index (χ1v) is 8.52. The van der Waals surface area contributed by atoms with Gasteiger partial charge < -0.3 is 14.0 Å². The van der Waals surface area contributed by atoms with Crippen molar-refractivity contribution >= 4 is 11.9 Å². The smallest absolute Gasteiger partial charge is 0.355 e. The summed E-state index contributed by atoms with van der Waals surface area (Å²) < 4.78 is 12.4. The number of esters is 2. The maximum Gasteiger partial charge on any atom is 0.355 e. The van der Waals surface area contributed by atoms with Crippen LogP contribution in [0.1, 0.15) is 37.8 Å². The molecule has 6 heteroatoms. The highest BCUT2D eigenvalue weighted by molar-refractivity contribution is 5.82.